The SMILES string of the molecule is COc1ccc(C2C=C3Nc4ccccc4N(C(C)=O)C(c4cccnc4)C3C(=O)C2)cc1. The lowest BCUT2D eigenvalue weighted by molar-refractivity contribution is -0.123. The molecule has 0 radical (unpaired) electrons. The number of ether oxygens (including phenoxy) is 1. The van der Waals surface area contributed by atoms with Crippen LogP contribution in [-0.4, -0.2) is 23.8 Å². The Kier molecular flexibility index (Phi) is 5.42. The third-order valence-corrected chi connectivity index (χ3v) is 6.43. The molecule has 0 fully saturated rings. The molecule has 6 heteroatoms. The molecule has 0 bridgehead atoms. The number of anilines is 2. The van der Waals surface area contributed by atoms with E-state index in [-0.39, 0.29) is 17.6 Å². The van der Waals surface area contributed by atoms with Crippen LogP contribution in [0.25, 0.3) is 0 Å². The first-order valence-electron chi connectivity index (χ1n) is 11.0. The number of fused-ring (bicyclic) bond motifs is 2. The summed E-state index contributed by atoms with van der Waals surface area (Å²) >= 11 is 0. The monoisotopic (exact) mass is 439 g/mol. The second-order valence-electron chi connectivity index (χ2n) is 8.41. The van der Waals surface area contributed by atoms with Gasteiger partial charge in [-0.3, -0.25) is 14.6 Å². The van der Waals surface area contributed by atoms with Crippen LogP contribution in [0.2, 0.25) is 0 Å². The summed E-state index contributed by atoms with van der Waals surface area (Å²) in [5, 5.41) is 3.50. The number of nitrogens with zero attached hydrogens (tertiary/aromatic N) is 2. The molecule has 2 heterocycles. The first-order chi connectivity index (χ1) is 16.1. The van der Waals surface area contributed by atoms with E-state index in [1.807, 2.05) is 60.7 Å². The molecule has 3 atom stereocenters. The smallest absolute Gasteiger partial charge is 0.224 e. The van der Waals surface area contributed by atoms with Crippen LogP contribution in [0, 0.1) is 5.92 Å². The van der Waals surface area contributed by atoms with Gasteiger partial charge in [0.15, 0.2) is 0 Å². The summed E-state index contributed by atoms with van der Waals surface area (Å²) in [6.07, 6.45) is 5.94. The minimum atomic E-state index is -0.514. The lowest BCUT2D eigenvalue weighted by Crippen LogP contribution is -2.41. The average Bonchev–Trinajstić information content (AvgIpc) is 2.99. The van der Waals surface area contributed by atoms with Crippen LogP contribution in [0.1, 0.15) is 36.4 Å². The fourth-order valence-electron chi connectivity index (χ4n) is 4.93. The lowest BCUT2D eigenvalue weighted by atomic mass is 9.76. The van der Waals surface area contributed by atoms with E-state index in [1.165, 1.54) is 0 Å². The quantitative estimate of drug-likeness (QED) is 0.631. The first-order valence-corrected chi connectivity index (χ1v) is 11.0. The van der Waals surface area contributed by atoms with E-state index in [9.17, 15) is 9.59 Å². The Balaban J connectivity index is 1.67. The fraction of sp³-hybridized carbons (Fsp3) is 0.222. The molecule has 6 nitrogen and oxygen atoms in total. The molecule has 1 N–H and O–H groups in total. The number of carbonyl (C=O) groups is 2. The van der Waals surface area contributed by atoms with Crippen molar-refractivity contribution < 1.29 is 14.3 Å². The van der Waals surface area contributed by atoms with Crippen LogP contribution in [0.4, 0.5) is 11.4 Å². The number of methoxy groups -OCH3 is 1. The van der Waals surface area contributed by atoms with E-state index < -0.39 is 12.0 Å². The third kappa shape index (κ3) is 3.78. The Morgan fingerprint density at radius 1 is 1.06 bits per heavy atom. The summed E-state index contributed by atoms with van der Waals surface area (Å²) in [5.74, 6) is 0.174. The summed E-state index contributed by atoms with van der Waals surface area (Å²) in [5.41, 5.74) is 4.26. The number of hydrogen-bond donors (Lipinski definition) is 1. The van der Waals surface area contributed by atoms with Crippen molar-refractivity contribution in [3.8, 4) is 5.75 Å². The second kappa shape index (κ2) is 8.54. The topological polar surface area (TPSA) is 71.5 Å². The molecular weight excluding hydrogens is 414 g/mol. The number of ketones is 1. The van der Waals surface area contributed by atoms with Crippen LogP contribution >= 0.6 is 0 Å². The van der Waals surface area contributed by atoms with Gasteiger partial charge >= 0.3 is 0 Å². The maximum atomic E-state index is 13.7. The van der Waals surface area contributed by atoms with Gasteiger partial charge in [0.1, 0.15) is 11.5 Å². The van der Waals surface area contributed by atoms with Gasteiger partial charge in [-0.1, -0.05) is 36.4 Å². The molecule has 5 rings (SSSR count). The maximum absolute atomic E-state index is 13.7. The van der Waals surface area contributed by atoms with Crippen LogP contribution < -0.4 is 15.0 Å². The zero-order chi connectivity index (χ0) is 22.9. The highest BCUT2D eigenvalue weighted by Crippen LogP contribution is 2.47. The number of rotatable bonds is 3. The molecule has 0 saturated carbocycles. The number of amides is 1. The molecule has 1 aromatic heterocycles. The number of carbonyl (C=O) groups excluding carboxylic acids is 2. The number of pyridine rings is 1. The minimum Gasteiger partial charge on any atom is -0.497 e. The van der Waals surface area contributed by atoms with Crippen LogP contribution in [0.3, 0.4) is 0 Å². The molecule has 33 heavy (non-hydrogen) atoms. The molecular formula is C27H25N3O3. The van der Waals surface area contributed by atoms with Crippen molar-refractivity contribution in [3.63, 3.8) is 0 Å². The number of hydrogen-bond acceptors (Lipinski definition) is 5. The number of aromatic nitrogens is 1. The number of benzene rings is 2. The van der Waals surface area contributed by atoms with Gasteiger partial charge in [0.25, 0.3) is 0 Å². The Morgan fingerprint density at radius 3 is 2.55 bits per heavy atom. The van der Waals surface area contributed by atoms with E-state index in [0.29, 0.717) is 6.42 Å². The molecule has 166 valence electrons. The summed E-state index contributed by atoms with van der Waals surface area (Å²) in [6.45, 7) is 1.54. The lowest BCUT2D eigenvalue weighted by Gasteiger charge is -2.37. The van der Waals surface area contributed by atoms with Crippen LogP contribution in [-0.2, 0) is 9.59 Å². The Labute approximate surface area is 192 Å². The van der Waals surface area contributed by atoms with Gasteiger partial charge in [0, 0.05) is 37.4 Å². The van der Waals surface area contributed by atoms with Crippen molar-refractivity contribution in [1.82, 2.24) is 4.98 Å². The highest BCUT2D eigenvalue weighted by molar-refractivity contribution is 6.00. The molecule has 1 aliphatic heterocycles. The molecule has 0 saturated heterocycles. The molecule has 0 spiro atoms. The number of Topliss-reactive ketones (excluding diaryl/α,β-unsaturated/α-hetero) is 1. The highest BCUT2D eigenvalue weighted by Gasteiger charge is 2.44. The van der Waals surface area contributed by atoms with Gasteiger partial charge in [-0.25, -0.2) is 0 Å². The van der Waals surface area contributed by atoms with E-state index in [2.05, 4.69) is 16.4 Å². The number of allylic oxidation sites excluding steroid dienone is 1. The van der Waals surface area contributed by atoms with E-state index in [1.54, 1.807) is 31.3 Å². The molecule has 3 aromatic rings. The third-order valence-electron chi connectivity index (χ3n) is 6.43. The molecule has 1 aliphatic carbocycles. The normalized spacial score (nSPS) is 21.8. The van der Waals surface area contributed by atoms with E-state index >= 15 is 0 Å². The van der Waals surface area contributed by atoms with Crippen molar-refractivity contribution >= 4 is 23.1 Å². The van der Waals surface area contributed by atoms with Crippen molar-refractivity contribution in [1.29, 1.82) is 0 Å². The first kappa shape index (κ1) is 20.9. The van der Waals surface area contributed by atoms with E-state index in [0.717, 1.165) is 33.9 Å². The number of para-hydroxylation sites is 2. The fourth-order valence-corrected chi connectivity index (χ4v) is 4.93. The Morgan fingerprint density at radius 2 is 1.85 bits per heavy atom. The second-order valence-corrected chi connectivity index (χ2v) is 8.41. The molecule has 2 aliphatic rings. The van der Waals surface area contributed by atoms with Crippen LogP contribution in [0.15, 0.2) is 84.8 Å². The molecule has 2 aromatic carbocycles. The van der Waals surface area contributed by atoms with Crippen molar-refractivity contribution in [2.75, 3.05) is 17.3 Å². The van der Waals surface area contributed by atoms with Crippen molar-refractivity contribution in [3.05, 3.63) is 96.0 Å². The van der Waals surface area contributed by atoms with Gasteiger partial charge in [0.2, 0.25) is 5.91 Å². The summed E-state index contributed by atoms with van der Waals surface area (Å²) in [4.78, 5) is 32.7. The predicted octanol–water partition coefficient (Wildman–Crippen LogP) is 4.87. The summed E-state index contributed by atoms with van der Waals surface area (Å²) in [6, 6.07) is 18.8. The predicted molar refractivity (Wildman–Crippen MR) is 127 cm³/mol. The number of nitrogens with one attached hydrogen (secondary N) is 1. The van der Waals surface area contributed by atoms with Crippen molar-refractivity contribution in [2.24, 2.45) is 5.92 Å². The van der Waals surface area contributed by atoms with Crippen molar-refractivity contribution in [2.45, 2.75) is 25.3 Å². The van der Waals surface area contributed by atoms with E-state index in [4.69, 9.17) is 4.74 Å². The maximum Gasteiger partial charge on any atom is 0.224 e. The van der Waals surface area contributed by atoms with Gasteiger partial charge in [-0.15, -0.1) is 0 Å². The average molecular weight is 440 g/mol. The zero-order valence-corrected chi connectivity index (χ0v) is 18.6. The van der Waals surface area contributed by atoms with Gasteiger partial charge < -0.3 is 15.0 Å². The van der Waals surface area contributed by atoms with Gasteiger partial charge in [-0.2, -0.15) is 0 Å². The summed E-state index contributed by atoms with van der Waals surface area (Å²) in [7, 11) is 1.64. The van der Waals surface area contributed by atoms with Gasteiger partial charge in [-0.05, 0) is 41.5 Å². The Hall–Kier alpha value is -3.93. The molecule has 3 unspecified atom stereocenters. The van der Waals surface area contributed by atoms with Gasteiger partial charge in [0.05, 0.1) is 30.4 Å². The largest absolute Gasteiger partial charge is 0.497 e. The zero-order valence-electron chi connectivity index (χ0n) is 18.6. The van der Waals surface area contributed by atoms with Crippen LogP contribution in [0.5, 0.6) is 5.75 Å². The Bertz CT molecular complexity index is 1220. The summed E-state index contributed by atoms with van der Waals surface area (Å²) < 4.78 is 5.28. The standard InChI is InChI=1S/C27H25N3O3/c1-17(31)30-24-8-4-3-7-22(24)29-23-14-20(18-9-11-21(33-2)12-10-18)15-25(32)26(23)27(30)19-6-5-13-28-16-19/h3-14,16,20,26-27,29H,15H2,1-2H3. The minimum absolute atomic E-state index is 0.0623. The highest BCUT2D eigenvalue weighted by atomic mass is 16.5. The molecule has 1 amide bonds.